The highest BCUT2D eigenvalue weighted by Gasteiger charge is 2.25. The average Bonchev–Trinajstić information content (AvgIpc) is 2.38. The number of rotatable bonds is 4. The Labute approximate surface area is 121 Å². The van der Waals surface area contributed by atoms with Crippen molar-refractivity contribution in [2.75, 3.05) is 13.1 Å². The number of nitrogens with one attached hydrogen (secondary N) is 1. The first-order valence-corrected chi connectivity index (χ1v) is 7.52. The van der Waals surface area contributed by atoms with Crippen LogP contribution in [0.25, 0.3) is 0 Å². The molecule has 1 atom stereocenters. The molecule has 0 bridgehead atoms. The quantitative estimate of drug-likeness (QED) is 0.857. The highest BCUT2D eigenvalue weighted by atomic mass is 16.5. The number of hydrogen-bond donors (Lipinski definition) is 1. The van der Waals surface area contributed by atoms with E-state index in [4.69, 9.17) is 4.74 Å². The van der Waals surface area contributed by atoms with Crippen LogP contribution in [0.5, 0.6) is 5.75 Å². The molecule has 1 saturated heterocycles. The van der Waals surface area contributed by atoms with Crippen molar-refractivity contribution in [2.24, 2.45) is 5.92 Å². The van der Waals surface area contributed by atoms with Gasteiger partial charge in [0, 0.05) is 18.0 Å². The van der Waals surface area contributed by atoms with E-state index in [2.05, 4.69) is 5.32 Å². The lowest BCUT2D eigenvalue weighted by molar-refractivity contribution is 0.0898. The molecule has 0 aliphatic carbocycles. The summed E-state index contributed by atoms with van der Waals surface area (Å²) in [5.41, 5.74) is 2.93. The van der Waals surface area contributed by atoms with Gasteiger partial charge in [0.2, 0.25) is 0 Å². The van der Waals surface area contributed by atoms with Gasteiger partial charge in [0.05, 0.1) is 6.10 Å². The van der Waals surface area contributed by atoms with Crippen molar-refractivity contribution in [3.63, 3.8) is 0 Å². The van der Waals surface area contributed by atoms with Crippen molar-refractivity contribution < 1.29 is 9.53 Å². The summed E-state index contributed by atoms with van der Waals surface area (Å²) in [6, 6.07) is 3.97. The zero-order valence-electron chi connectivity index (χ0n) is 13.0. The normalized spacial score (nSPS) is 19.1. The van der Waals surface area contributed by atoms with Crippen LogP contribution in [0.3, 0.4) is 0 Å². The number of hydrogen-bond acceptors (Lipinski definition) is 3. The third-order valence-electron chi connectivity index (χ3n) is 3.79. The van der Waals surface area contributed by atoms with Crippen LogP contribution < -0.4 is 10.1 Å². The predicted molar refractivity (Wildman–Crippen MR) is 81.6 cm³/mol. The first-order valence-electron chi connectivity index (χ1n) is 7.52. The number of ether oxygens (including phenoxy) is 1. The highest BCUT2D eigenvalue weighted by molar-refractivity contribution is 6.00. The van der Waals surface area contributed by atoms with Gasteiger partial charge in [-0.25, -0.2) is 0 Å². The first-order chi connectivity index (χ1) is 9.49. The molecule has 3 nitrogen and oxygen atoms in total. The first kappa shape index (κ1) is 15.0. The molecule has 1 aliphatic rings. The van der Waals surface area contributed by atoms with Crippen molar-refractivity contribution in [3.05, 3.63) is 28.8 Å². The molecule has 0 aromatic heterocycles. The fourth-order valence-corrected chi connectivity index (χ4v) is 2.93. The molecule has 1 unspecified atom stereocenters. The summed E-state index contributed by atoms with van der Waals surface area (Å²) < 4.78 is 5.73. The van der Waals surface area contributed by atoms with Gasteiger partial charge in [-0.2, -0.15) is 0 Å². The lowest BCUT2D eigenvalue weighted by atomic mass is 9.87. The van der Waals surface area contributed by atoms with E-state index in [0.29, 0.717) is 0 Å². The Kier molecular flexibility index (Phi) is 4.81. The molecule has 1 N–H and O–H groups in total. The Balaban J connectivity index is 2.25. The van der Waals surface area contributed by atoms with Crippen LogP contribution in [0, 0.1) is 19.8 Å². The van der Waals surface area contributed by atoms with E-state index in [-0.39, 0.29) is 17.8 Å². The third-order valence-corrected chi connectivity index (χ3v) is 3.79. The van der Waals surface area contributed by atoms with Crippen LogP contribution in [0.15, 0.2) is 12.1 Å². The molecule has 0 spiro atoms. The third kappa shape index (κ3) is 3.40. The summed E-state index contributed by atoms with van der Waals surface area (Å²) in [5, 5.41) is 3.32. The van der Waals surface area contributed by atoms with E-state index in [1.807, 2.05) is 39.8 Å². The van der Waals surface area contributed by atoms with Crippen LogP contribution >= 0.6 is 0 Å². The fraction of sp³-hybridized carbons (Fsp3) is 0.588. The smallest absolute Gasteiger partial charge is 0.167 e. The molecule has 20 heavy (non-hydrogen) atoms. The Bertz CT molecular complexity index is 465. The maximum atomic E-state index is 12.7. The molecule has 3 heteroatoms. The number of piperidine rings is 1. The van der Waals surface area contributed by atoms with Crippen molar-refractivity contribution in [1.29, 1.82) is 0 Å². The van der Waals surface area contributed by atoms with Crippen molar-refractivity contribution >= 4 is 5.78 Å². The van der Waals surface area contributed by atoms with Gasteiger partial charge in [-0.05, 0) is 70.3 Å². The standard InChI is InChI=1S/C17H25NO2/c1-11(2)20-15-8-12(3)16(13(4)9-15)17(19)14-6-5-7-18-10-14/h8-9,11,14,18H,5-7,10H2,1-4H3. The van der Waals surface area contributed by atoms with E-state index >= 15 is 0 Å². The summed E-state index contributed by atoms with van der Waals surface area (Å²) in [4.78, 5) is 12.7. The second-order valence-corrected chi connectivity index (χ2v) is 6.01. The molecule has 0 radical (unpaired) electrons. The van der Waals surface area contributed by atoms with Gasteiger partial charge in [0.1, 0.15) is 5.75 Å². The summed E-state index contributed by atoms with van der Waals surface area (Å²) >= 11 is 0. The topological polar surface area (TPSA) is 38.3 Å². The summed E-state index contributed by atoms with van der Waals surface area (Å²) in [7, 11) is 0. The van der Waals surface area contributed by atoms with Crippen LogP contribution in [0.1, 0.15) is 48.2 Å². The monoisotopic (exact) mass is 275 g/mol. The van der Waals surface area contributed by atoms with Gasteiger partial charge in [-0.1, -0.05) is 0 Å². The van der Waals surface area contributed by atoms with Crippen LogP contribution in [0.4, 0.5) is 0 Å². The fourth-order valence-electron chi connectivity index (χ4n) is 2.93. The van der Waals surface area contributed by atoms with Crippen LogP contribution in [-0.4, -0.2) is 25.0 Å². The minimum Gasteiger partial charge on any atom is -0.491 e. The largest absolute Gasteiger partial charge is 0.491 e. The zero-order valence-corrected chi connectivity index (χ0v) is 13.0. The van der Waals surface area contributed by atoms with E-state index in [1.54, 1.807) is 0 Å². The van der Waals surface area contributed by atoms with E-state index in [9.17, 15) is 4.79 Å². The summed E-state index contributed by atoms with van der Waals surface area (Å²) in [6.45, 7) is 9.87. The number of carbonyl (C=O) groups is 1. The Morgan fingerprint density at radius 1 is 1.30 bits per heavy atom. The molecule has 0 saturated carbocycles. The minimum atomic E-state index is 0.123. The summed E-state index contributed by atoms with van der Waals surface area (Å²) in [6.07, 6.45) is 2.23. The van der Waals surface area contributed by atoms with Crippen molar-refractivity contribution in [3.8, 4) is 5.75 Å². The Hall–Kier alpha value is -1.35. The number of carbonyl (C=O) groups excluding carboxylic acids is 1. The van der Waals surface area contributed by atoms with Crippen LogP contribution in [-0.2, 0) is 0 Å². The van der Waals surface area contributed by atoms with Crippen molar-refractivity contribution in [1.82, 2.24) is 5.32 Å². The molecule has 110 valence electrons. The average molecular weight is 275 g/mol. The van der Waals surface area contributed by atoms with Gasteiger partial charge in [0.25, 0.3) is 0 Å². The Morgan fingerprint density at radius 2 is 1.95 bits per heavy atom. The maximum Gasteiger partial charge on any atom is 0.167 e. The number of ketones is 1. The van der Waals surface area contributed by atoms with Gasteiger partial charge >= 0.3 is 0 Å². The Morgan fingerprint density at radius 3 is 2.45 bits per heavy atom. The van der Waals surface area contributed by atoms with Gasteiger partial charge in [-0.15, -0.1) is 0 Å². The van der Waals surface area contributed by atoms with Crippen molar-refractivity contribution in [2.45, 2.75) is 46.6 Å². The molecule has 1 aliphatic heterocycles. The van der Waals surface area contributed by atoms with E-state index in [1.165, 1.54) is 0 Å². The molecular formula is C17H25NO2. The second kappa shape index (κ2) is 6.40. The predicted octanol–water partition coefficient (Wildman–Crippen LogP) is 3.27. The maximum absolute atomic E-state index is 12.7. The molecule has 2 rings (SSSR count). The minimum absolute atomic E-state index is 0.123. The van der Waals surface area contributed by atoms with E-state index in [0.717, 1.165) is 48.4 Å². The zero-order chi connectivity index (χ0) is 14.7. The number of Topliss-reactive ketones (excluding diaryl/α,β-unsaturated/α-hetero) is 1. The molecule has 1 heterocycles. The molecule has 0 amide bonds. The molecule has 1 aromatic carbocycles. The lowest BCUT2D eigenvalue weighted by Crippen LogP contribution is -2.35. The van der Waals surface area contributed by atoms with Crippen LogP contribution in [0.2, 0.25) is 0 Å². The van der Waals surface area contributed by atoms with E-state index < -0.39 is 0 Å². The van der Waals surface area contributed by atoms with Gasteiger partial charge in [0.15, 0.2) is 5.78 Å². The van der Waals surface area contributed by atoms with Gasteiger partial charge in [-0.3, -0.25) is 4.79 Å². The highest BCUT2D eigenvalue weighted by Crippen LogP contribution is 2.26. The summed E-state index contributed by atoms with van der Waals surface area (Å²) in [5.74, 6) is 1.26. The van der Waals surface area contributed by atoms with Gasteiger partial charge < -0.3 is 10.1 Å². The molecule has 1 fully saturated rings. The SMILES string of the molecule is Cc1cc(OC(C)C)cc(C)c1C(=O)C1CCCNC1. The lowest BCUT2D eigenvalue weighted by Gasteiger charge is -2.23. The number of aryl methyl sites for hydroxylation is 2. The number of benzene rings is 1. The molecular weight excluding hydrogens is 250 g/mol. The second-order valence-electron chi connectivity index (χ2n) is 6.01. The molecule has 1 aromatic rings.